The number of aliphatic hydroxyl groups is 3. The third-order valence-electron chi connectivity index (χ3n) is 6.38. The van der Waals surface area contributed by atoms with Gasteiger partial charge in [0.2, 0.25) is 0 Å². The summed E-state index contributed by atoms with van der Waals surface area (Å²) in [7, 11) is 0. The Morgan fingerprint density at radius 3 is 2.54 bits per heavy atom. The Morgan fingerprint density at radius 2 is 2.00 bits per heavy atom. The first-order chi connectivity index (χ1) is 10.9. The Labute approximate surface area is 145 Å². The van der Waals surface area contributed by atoms with Crippen molar-refractivity contribution >= 4 is 5.78 Å². The highest BCUT2D eigenvalue weighted by Crippen LogP contribution is 2.62. The molecule has 0 heterocycles. The first kappa shape index (κ1) is 19.4. The number of hydrogen-bond acceptors (Lipinski definition) is 4. The molecule has 0 radical (unpaired) electrons. The monoisotopic (exact) mass is 336 g/mol. The molecule has 1 saturated carbocycles. The maximum atomic E-state index is 13.1. The molecule has 0 aromatic heterocycles. The van der Waals surface area contributed by atoms with Crippen molar-refractivity contribution in [3.63, 3.8) is 0 Å². The summed E-state index contributed by atoms with van der Waals surface area (Å²) in [6.45, 7) is 13.4. The molecule has 1 fully saturated rings. The van der Waals surface area contributed by atoms with Crippen LogP contribution in [0.3, 0.4) is 0 Å². The maximum Gasteiger partial charge on any atom is 0.199 e. The van der Waals surface area contributed by atoms with Crippen LogP contribution in [0.2, 0.25) is 0 Å². The van der Waals surface area contributed by atoms with Gasteiger partial charge in [0.1, 0.15) is 11.9 Å². The second-order valence-electron chi connectivity index (χ2n) is 8.72. The number of allylic oxidation sites excluding steroid dienone is 2. The van der Waals surface area contributed by atoms with Crippen molar-refractivity contribution in [2.45, 2.75) is 65.8 Å². The lowest BCUT2D eigenvalue weighted by Crippen LogP contribution is -2.67. The number of carbonyl (C=O) groups excluding carboxylic acids is 1. The van der Waals surface area contributed by atoms with Crippen molar-refractivity contribution in [1.82, 2.24) is 0 Å². The lowest BCUT2D eigenvalue weighted by molar-refractivity contribution is -0.312. The predicted octanol–water partition coefficient (Wildman–Crippen LogP) is 2.83. The number of ketones is 1. The van der Waals surface area contributed by atoms with Gasteiger partial charge in [0.25, 0.3) is 0 Å². The van der Waals surface area contributed by atoms with Gasteiger partial charge in [-0.25, -0.2) is 0 Å². The fraction of sp³-hybridized carbons (Fsp3) is 0.750. The molecule has 2 aliphatic rings. The molecule has 1 unspecified atom stereocenters. The van der Waals surface area contributed by atoms with E-state index in [1.807, 2.05) is 27.7 Å². The van der Waals surface area contributed by atoms with Crippen LogP contribution in [0, 0.1) is 28.6 Å². The summed E-state index contributed by atoms with van der Waals surface area (Å²) >= 11 is 0. The summed E-state index contributed by atoms with van der Waals surface area (Å²) in [4.78, 5) is 13.1. The summed E-state index contributed by atoms with van der Waals surface area (Å²) in [6, 6.07) is 0. The van der Waals surface area contributed by atoms with Crippen LogP contribution >= 0.6 is 0 Å². The van der Waals surface area contributed by atoms with Crippen molar-refractivity contribution in [2.75, 3.05) is 0 Å². The topological polar surface area (TPSA) is 77.8 Å². The van der Waals surface area contributed by atoms with Gasteiger partial charge >= 0.3 is 0 Å². The molecule has 5 atom stereocenters. The summed E-state index contributed by atoms with van der Waals surface area (Å²) < 4.78 is 0. The van der Waals surface area contributed by atoms with Crippen LogP contribution in [0.4, 0.5) is 0 Å². The molecule has 0 aromatic carbocycles. The number of Topliss-reactive ketones (excluding diaryl/α,β-unsaturated/α-hetero) is 1. The first-order valence-electron chi connectivity index (χ1n) is 8.88. The lowest BCUT2D eigenvalue weighted by atomic mass is 9.47. The zero-order valence-corrected chi connectivity index (χ0v) is 15.5. The quantitative estimate of drug-likeness (QED) is 0.545. The van der Waals surface area contributed by atoms with Gasteiger partial charge in [-0.1, -0.05) is 45.4 Å². The van der Waals surface area contributed by atoms with Gasteiger partial charge in [-0.15, -0.1) is 6.58 Å². The highest BCUT2D eigenvalue weighted by atomic mass is 16.5. The third kappa shape index (κ3) is 2.69. The van der Waals surface area contributed by atoms with Gasteiger partial charge in [-0.2, -0.15) is 0 Å². The number of hydrogen-bond donors (Lipinski definition) is 3. The van der Waals surface area contributed by atoms with Crippen molar-refractivity contribution in [2.24, 2.45) is 28.6 Å². The fourth-order valence-corrected chi connectivity index (χ4v) is 5.04. The van der Waals surface area contributed by atoms with Gasteiger partial charge < -0.3 is 15.3 Å². The average Bonchev–Trinajstić information content (AvgIpc) is 2.44. The van der Waals surface area contributed by atoms with Gasteiger partial charge in [-0.3, -0.25) is 4.79 Å². The normalized spacial score (nSPS) is 38.7. The minimum atomic E-state index is -2.32. The van der Waals surface area contributed by atoms with E-state index in [2.05, 4.69) is 12.7 Å². The highest BCUT2D eigenvalue weighted by molar-refractivity contribution is 5.83. The SMILES string of the molecule is C=C[C@@H](C)CC(=O)[C@H]1[C@@H](C)CC=C2C(C)(C)CC(O)C(O)(O)[C@@]21C. The van der Waals surface area contributed by atoms with E-state index in [-0.39, 0.29) is 29.5 Å². The van der Waals surface area contributed by atoms with E-state index in [0.717, 1.165) is 12.0 Å². The Morgan fingerprint density at radius 1 is 1.42 bits per heavy atom. The van der Waals surface area contributed by atoms with Gasteiger partial charge in [0.05, 0.1) is 5.41 Å². The molecule has 0 spiro atoms. The van der Waals surface area contributed by atoms with E-state index in [1.54, 1.807) is 13.0 Å². The molecule has 24 heavy (non-hydrogen) atoms. The van der Waals surface area contributed by atoms with E-state index in [4.69, 9.17) is 0 Å². The summed E-state index contributed by atoms with van der Waals surface area (Å²) in [5.41, 5.74) is -0.691. The minimum Gasteiger partial charge on any atom is -0.387 e. The summed E-state index contributed by atoms with van der Waals surface area (Å²) in [6.07, 6.45) is 3.84. The minimum absolute atomic E-state index is 0.0111. The van der Waals surface area contributed by atoms with E-state index >= 15 is 0 Å². The van der Waals surface area contributed by atoms with Crippen LogP contribution in [-0.4, -0.2) is 33.0 Å². The molecule has 0 saturated heterocycles. The van der Waals surface area contributed by atoms with Gasteiger partial charge in [0, 0.05) is 12.3 Å². The summed E-state index contributed by atoms with van der Waals surface area (Å²) in [5, 5.41) is 32.1. The fourth-order valence-electron chi connectivity index (χ4n) is 5.04. The van der Waals surface area contributed by atoms with Crippen LogP contribution in [0.5, 0.6) is 0 Å². The van der Waals surface area contributed by atoms with Crippen LogP contribution in [0.25, 0.3) is 0 Å². The summed E-state index contributed by atoms with van der Waals surface area (Å²) in [5.74, 6) is -2.82. The zero-order chi connectivity index (χ0) is 18.5. The number of carbonyl (C=O) groups is 1. The number of fused-ring (bicyclic) bond motifs is 1. The van der Waals surface area contributed by atoms with Crippen molar-refractivity contribution < 1.29 is 20.1 Å². The van der Waals surface area contributed by atoms with Crippen molar-refractivity contribution in [3.05, 3.63) is 24.3 Å². The van der Waals surface area contributed by atoms with E-state index in [0.29, 0.717) is 6.42 Å². The molecule has 0 aromatic rings. The smallest absolute Gasteiger partial charge is 0.199 e. The van der Waals surface area contributed by atoms with E-state index < -0.39 is 23.2 Å². The van der Waals surface area contributed by atoms with Crippen molar-refractivity contribution in [3.8, 4) is 0 Å². The predicted molar refractivity (Wildman–Crippen MR) is 94.0 cm³/mol. The molecule has 0 bridgehead atoms. The molecule has 2 aliphatic carbocycles. The molecule has 4 heteroatoms. The molecule has 0 aliphatic heterocycles. The Hall–Kier alpha value is -0.970. The molecule has 2 rings (SSSR count). The molecule has 4 nitrogen and oxygen atoms in total. The van der Waals surface area contributed by atoms with Crippen LogP contribution in [0.1, 0.15) is 53.9 Å². The first-order valence-corrected chi connectivity index (χ1v) is 8.88. The van der Waals surface area contributed by atoms with Gasteiger partial charge in [0.15, 0.2) is 5.79 Å². The Balaban J connectivity index is 2.57. The Kier molecular flexibility index (Phi) is 4.90. The lowest BCUT2D eigenvalue weighted by Gasteiger charge is -2.60. The van der Waals surface area contributed by atoms with E-state index in [9.17, 15) is 20.1 Å². The van der Waals surface area contributed by atoms with E-state index in [1.165, 1.54) is 0 Å². The standard InChI is InChI=1S/C20H32O4/c1-7-12(2)10-14(21)17-13(3)8-9-15-18(4,5)11-16(22)20(23,24)19(15,17)6/h7,9,12-13,16-17,22-24H,1,8,10-11H2,2-6H3/t12-,13+,16?,17-,19+/m1/s1. The zero-order valence-electron chi connectivity index (χ0n) is 15.5. The molecular formula is C20H32O4. The van der Waals surface area contributed by atoms with Gasteiger partial charge in [-0.05, 0) is 37.0 Å². The largest absolute Gasteiger partial charge is 0.387 e. The third-order valence-corrected chi connectivity index (χ3v) is 6.38. The van der Waals surface area contributed by atoms with Crippen LogP contribution in [-0.2, 0) is 4.79 Å². The second-order valence-corrected chi connectivity index (χ2v) is 8.72. The van der Waals surface area contributed by atoms with Crippen LogP contribution < -0.4 is 0 Å². The molecular weight excluding hydrogens is 304 g/mol. The molecule has 3 N–H and O–H groups in total. The number of aliphatic hydroxyl groups excluding tert-OH is 1. The average molecular weight is 336 g/mol. The van der Waals surface area contributed by atoms with Crippen molar-refractivity contribution in [1.29, 1.82) is 0 Å². The Bertz CT molecular complexity index is 560. The molecule has 0 amide bonds. The molecule has 136 valence electrons. The second kappa shape index (κ2) is 6.08. The van der Waals surface area contributed by atoms with Crippen LogP contribution in [0.15, 0.2) is 24.3 Å². The maximum absolute atomic E-state index is 13.1. The highest BCUT2D eigenvalue weighted by Gasteiger charge is 2.66. The number of rotatable bonds is 4.